The van der Waals surface area contributed by atoms with Gasteiger partial charge >= 0.3 is 23.9 Å². The molecule has 0 fully saturated rings. The van der Waals surface area contributed by atoms with E-state index in [9.17, 15) is 28.8 Å². The van der Waals surface area contributed by atoms with Gasteiger partial charge in [0.15, 0.2) is 0 Å². The highest BCUT2D eigenvalue weighted by Crippen LogP contribution is 2.19. The number of aliphatic carboxylic acids is 1. The predicted octanol–water partition coefficient (Wildman–Crippen LogP) is -0.649. The van der Waals surface area contributed by atoms with E-state index in [1.54, 1.807) is 20.8 Å². The molecule has 0 aromatic carbocycles. The monoisotopic (exact) mass is 521 g/mol. The lowest BCUT2D eigenvalue weighted by atomic mass is 10.1. The number of carboxylic acids is 1. The van der Waals surface area contributed by atoms with Gasteiger partial charge in [0.05, 0.1) is 26.2 Å². The van der Waals surface area contributed by atoms with E-state index in [-0.39, 0.29) is 44.8 Å². The average Bonchev–Trinajstić information content (AvgIpc) is 2.81. The summed E-state index contributed by atoms with van der Waals surface area (Å²) in [7, 11) is 0. The van der Waals surface area contributed by atoms with Gasteiger partial charge < -0.3 is 35.7 Å². The molecule has 0 aromatic heterocycles. The van der Waals surface area contributed by atoms with E-state index in [0.29, 0.717) is 6.42 Å². The lowest BCUT2D eigenvalue weighted by molar-refractivity contribution is -0.149. The van der Waals surface area contributed by atoms with Gasteiger partial charge in [0, 0.05) is 12.2 Å². The van der Waals surface area contributed by atoms with Crippen molar-refractivity contribution in [2.75, 3.05) is 32.1 Å². The lowest BCUT2D eigenvalue weighted by Gasteiger charge is -2.21. The number of rotatable bonds is 18. The summed E-state index contributed by atoms with van der Waals surface area (Å²) in [6.45, 7) is 4.95. The number of carboxylic acid groups (broad SMARTS) is 1. The Bertz CT molecular complexity index is 734. The molecule has 5 N–H and O–H groups in total. The molecule has 13 nitrogen and oxygen atoms in total. The molecule has 0 aromatic rings. The predicted molar refractivity (Wildman–Crippen MR) is 125 cm³/mol. The molecule has 35 heavy (non-hydrogen) atoms. The van der Waals surface area contributed by atoms with Crippen LogP contribution in [0.4, 0.5) is 0 Å². The fourth-order valence-electron chi connectivity index (χ4n) is 2.44. The highest BCUT2D eigenvalue weighted by Gasteiger charge is 2.29. The molecule has 14 heteroatoms. The molecule has 0 saturated heterocycles. The van der Waals surface area contributed by atoms with Crippen LogP contribution in [0.25, 0.3) is 0 Å². The number of nitrogens with two attached hydrogens (primary N) is 1. The van der Waals surface area contributed by atoms with Crippen molar-refractivity contribution in [2.45, 2.75) is 63.8 Å². The van der Waals surface area contributed by atoms with E-state index >= 15 is 0 Å². The Morgan fingerprint density at radius 3 is 2.20 bits per heavy atom. The molecule has 0 aliphatic carbocycles. The quantitative estimate of drug-likeness (QED) is 0.131. The molecule has 0 radical (unpaired) electrons. The van der Waals surface area contributed by atoms with Gasteiger partial charge in [-0.05, 0) is 26.7 Å². The highest BCUT2D eigenvalue weighted by atomic mass is 32.2. The van der Waals surface area contributed by atoms with Crippen LogP contribution in [0.3, 0.4) is 0 Å². The number of hydrogen-bond acceptors (Lipinski definition) is 11. The number of carbonyl (C=O) groups excluding carboxylic acids is 5. The maximum absolute atomic E-state index is 12.7. The summed E-state index contributed by atoms with van der Waals surface area (Å²) < 4.78 is 14.7. The molecule has 200 valence electrons. The summed E-state index contributed by atoms with van der Waals surface area (Å²) >= 11 is 0.894. The minimum absolute atomic E-state index is 0.0725. The molecule has 0 bridgehead atoms. The normalized spacial score (nSPS) is 13.0. The van der Waals surface area contributed by atoms with Crippen LogP contribution < -0.4 is 16.4 Å². The molecule has 1 unspecified atom stereocenters. The number of carbonyl (C=O) groups is 6. The van der Waals surface area contributed by atoms with E-state index in [1.807, 2.05) is 0 Å². The first-order chi connectivity index (χ1) is 16.5. The van der Waals surface area contributed by atoms with Crippen LogP contribution in [0.2, 0.25) is 0 Å². The number of hydrogen-bond donors (Lipinski definition) is 4. The van der Waals surface area contributed by atoms with Crippen molar-refractivity contribution in [3.05, 3.63) is 0 Å². The summed E-state index contributed by atoms with van der Waals surface area (Å²) in [5, 5.41) is 12.6. The van der Waals surface area contributed by atoms with Crippen molar-refractivity contribution in [2.24, 2.45) is 5.73 Å². The third-order valence-corrected chi connectivity index (χ3v) is 5.48. The second kappa shape index (κ2) is 18.5. The smallest absolute Gasteiger partial charge is 0.325 e. The Morgan fingerprint density at radius 1 is 0.971 bits per heavy atom. The van der Waals surface area contributed by atoms with Crippen LogP contribution in [0.5, 0.6) is 0 Å². The van der Waals surface area contributed by atoms with Crippen molar-refractivity contribution in [3.8, 4) is 0 Å². The largest absolute Gasteiger partial charge is 0.480 e. The van der Waals surface area contributed by atoms with Gasteiger partial charge in [-0.1, -0.05) is 6.92 Å². The van der Waals surface area contributed by atoms with E-state index in [1.165, 1.54) is 0 Å². The van der Waals surface area contributed by atoms with Gasteiger partial charge in [-0.3, -0.25) is 28.8 Å². The molecular weight excluding hydrogens is 486 g/mol. The van der Waals surface area contributed by atoms with Gasteiger partial charge in [0.25, 0.3) is 0 Å². The standard InChI is InChI=1S/C21H35N3O10S/c1-4-9-34-18(27)11-23-19(28)14(24-16(25)8-7-13(22)20(29)30)12-35-15(21(31)33-6-3)10-17(26)32-5-2/h13-15H,4-12,22H2,1-3H3,(H,23,28)(H,24,25)(H,29,30)/t13-,14-,15?/m0/s1. The summed E-state index contributed by atoms with van der Waals surface area (Å²) in [5.41, 5.74) is 5.40. The van der Waals surface area contributed by atoms with Gasteiger partial charge in [-0.25, -0.2) is 0 Å². The molecule has 0 aliphatic rings. The highest BCUT2D eigenvalue weighted by molar-refractivity contribution is 8.00. The van der Waals surface area contributed by atoms with E-state index < -0.39 is 59.6 Å². The SMILES string of the molecule is CCCOC(=O)CNC(=O)[C@H](CSC(CC(=O)OCC)C(=O)OCC)NC(=O)CC[C@H](N)C(=O)O. The fourth-order valence-corrected chi connectivity index (χ4v) is 3.56. The third kappa shape index (κ3) is 14.9. The first-order valence-corrected chi connectivity index (χ1v) is 12.2. The van der Waals surface area contributed by atoms with Crippen LogP contribution >= 0.6 is 11.8 Å². The molecule has 0 saturated carbocycles. The Labute approximate surface area is 208 Å². The number of amides is 2. The minimum Gasteiger partial charge on any atom is -0.480 e. The van der Waals surface area contributed by atoms with Crippen LogP contribution in [-0.4, -0.2) is 90.2 Å². The second-order valence-electron chi connectivity index (χ2n) is 7.12. The Hall–Kier alpha value is -2.87. The van der Waals surface area contributed by atoms with Crippen molar-refractivity contribution < 1.29 is 48.1 Å². The minimum atomic E-state index is -1.27. The molecular formula is C21H35N3O10S. The van der Waals surface area contributed by atoms with Gasteiger partial charge in [0.2, 0.25) is 11.8 Å². The molecule has 0 rings (SSSR count). The molecule has 2 amide bonds. The maximum atomic E-state index is 12.7. The van der Waals surface area contributed by atoms with Crippen LogP contribution in [0.15, 0.2) is 0 Å². The summed E-state index contributed by atoms with van der Waals surface area (Å²) in [5.74, 6) is -4.82. The van der Waals surface area contributed by atoms with Gasteiger partial charge in [0.1, 0.15) is 23.9 Å². The molecule has 3 atom stereocenters. The van der Waals surface area contributed by atoms with Crippen molar-refractivity contribution >= 4 is 47.5 Å². The number of ether oxygens (including phenoxy) is 3. The zero-order valence-electron chi connectivity index (χ0n) is 20.2. The summed E-state index contributed by atoms with van der Waals surface area (Å²) in [4.78, 5) is 71.7. The molecule has 0 heterocycles. The lowest BCUT2D eigenvalue weighted by Crippen LogP contribution is -2.50. The molecule has 0 aliphatic heterocycles. The fraction of sp³-hybridized carbons (Fsp3) is 0.714. The number of thioether (sulfide) groups is 1. The van der Waals surface area contributed by atoms with Crippen LogP contribution in [0.1, 0.15) is 46.5 Å². The zero-order chi connectivity index (χ0) is 26.8. The number of nitrogens with one attached hydrogen (secondary N) is 2. The van der Waals surface area contributed by atoms with E-state index in [2.05, 4.69) is 10.6 Å². The Kier molecular flexibility index (Phi) is 16.9. The van der Waals surface area contributed by atoms with Gasteiger partial charge in [-0.15, -0.1) is 11.8 Å². The van der Waals surface area contributed by atoms with Crippen LogP contribution in [0, 0.1) is 0 Å². The second-order valence-corrected chi connectivity index (χ2v) is 8.36. The van der Waals surface area contributed by atoms with Crippen molar-refractivity contribution in [1.82, 2.24) is 10.6 Å². The maximum Gasteiger partial charge on any atom is 0.325 e. The van der Waals surface area contributed by atoms with Crippen molar-refractivity contribution in [1.29, 1.82) is 0 Å². The van der Waals surface area contributed by atoms with Crippen LogP contribution in [-0.2, 0) is 43.0 Å². The van der Waals surface area contributed by atoms with Gasteiger partial charge in [-0.2, -0.15) is 0 Å². The molecule has 0 spiro atoms. The summed E-state index contributed by atoms with van der Waals surface area (Å²) in [6.07, 6.45) is -0.148. The Balaban J connectivity index is 5.31. The van der Waals surface area contributed by atoms with E-state index in [4.69, 9.17) is 25.1 Å². The first kappa shape index (κ1) is 32.1. The van der Waals surface area contributed by atoms with Crippen molar-refractivity contribution in [3.63, 3.8) is 0 Å². The van der Waals surface area contributed by atoms with E-state index in [0.717, 1.165) is 11.8 Å². The number of esters is 3. The zero-order valence-corrected chi connectivity index (χ0v) is 21.0. The summed E-state index contributed by atoms with van der Waals surface area (Å²) in [6, 6.07) is -2.47. The Morgan fingerprint density at radius 2 is 1.63 bits per heavy atom. The average molecular weight is 522 g/mol. The third-order valence-electron chi connectivity index (χ3n) is 4.20. The first-order valence-electron chi connectivity index (χ1n) is 11.2. The topological polar surface area (TPSA) is 200 Å².